The topological polar surface area (TPSA) is 213 Å². The molecular formula is C11H10N8O6S2. The van der Waals surface area contributed by atoms with Crippen molar-refractivity contribution in [1.82, 2.24) is 30.1 Å². The largest absolute Gasteiger partial charge is 0.323 e. The standard InChI is InChI=1S/C11H10N8O6S2/c20-26(21,22)6-1-2-8(27(23,24)25)7(3-6)16-9-12-4-13-10(17-9)18-11-14-5-15-19-11/h1-5H,(H,20,21,22)(H,23,24,25)(H3,12,13,14,15,16,17,18,19). The zero-order valence-corrected chi connectivity index (χ0v) is 14.6. The summed E-state index contributed by atoms with van der Waals surface area (Å²) in [6.07, 6.45) is 2.38. The lowest BCUT2D eigenvalue weighted by Gasteiger charge is -2.10. The van der Waals surface area contributed by atoms with Gasteiger partial charge in [-0.05, 0) is 18.2 Å². The molecule has 0 unspecified atom stereocenters. The van der Waals surface area contributed by atoms with E-state index in [0.29, 0.717) is 0 Å². The average molecular weight is 414 g/mol. The summed E-state index contributed by atoms with van der Waals surface area (Å²) in [4.78, 5) is 14.1. The molecule has 2 heterocycles. The predicted molar refractivity (Wildman–Crippen MR) is 88.8 cm³/mol. The van der Waals surface area contributed by atoms with Gasteiger partial charge in [-0.3, -0.25) is 19.5 Å². The zero-order valence-electron chi connectivity index (χ0n) is 13.0. The molecule has 5 N–H and O–H groups in total. The third-order valence-corrected chi connectivity index (χ3v) is 4.75. The molecule has 0 aliphatic carbocycles. The van der Waals surface area contributed by atoms with E-state index in [1.165, 1.54) is 6.33 Å². The first-order chi connectivity index (χ1) is 12.6. The molecule has 0 fully saturated rings. The Morgan fingerprint density at radius 3 is 2.19 bits per heavy atom. The molecule has 0 amide bonds. The minimum atomic E-state index is -4.72. The van der Waals surface area contributed by atoms with Crippen LogP contribution in [0.5, 0.6) is 0 Å². The van der Waals surface area contributed by atoms with Crippen LogP contribution in [0.15, 0.2) is 40.6 Å². The number of aromatic amines is 1. The fraction of sp³-hybridized carbons (Fsp3) is 0. The van der Waals surface area contributed by atoms with Crippen molar-refractivity contribution in [2.24, 2.45) is 0 Å². The lowest BCUT2D eigenvalue weighted by Crippen LogP contribution is -2.08. The van der Waals surface area contributed by atoms with E-state index in [-0.39, 0.29) is 23.5 Å². The van der Waals surface area contributed by atoms with Crippen LogP contribution in [-0.4, -0.2) is 56.1 Å². The second-order valence-electron chi connectivity index (χ2n) is 4.81. The van der Waals surface area contributed by atoms with Crippen LogP contribution in [0.4, 0.5) is 23.5 Å². The molecule has 0 aliphatic heterocycles. The van der Waals surface area contributed by atoms with Crippen molar-refractivity contribution < 1.29 is 25.9 Å². The summed E-state index contributed by atoms with van der Waals surface area (Å²) in [5, 5.41) is 11.3. The number of hydrogen-bond acceptors (Lipinski definition) is 11. The number of hydrogen-bond donors (Lipinski definition) is 5. The van der Waals surface area contributed by atoms with Gasteiger partial charge in [-0.15, -0.1) is 5.10 Å². The van der Waals surface area contributed by atoms with E-state index in [4.69, 9.17) is 4.55 Å². The first-order valence-electron chi connectivity index (χ1n) is 6.81. The molecule has 0 radical (unpaired) electrons. The van der Waals surface area contributed by atoms with Crippen molar-refractivity contribution in [3.05, 3.63) is 30.9 Å². The predicted octanol–water partition coefficient (Wildman–Crippen LogP) is -0.0297. The first-order valence-corrected chi connectivity index (χ1v) is 9.69. The Morgan fingerprint density at radius 2 is 1.59 bits per heavy atom. The number of nitrogens with zero attached hydrogens (tertiary/aromatic N) is 5. The molecule has 142 valence electrons. The number of benzene rings is 1. The lowest BCUT2D eigenvalue weighted by molar-refractivity contribution is 0.479. The number of nitrogens with one attached hydrogen (secondary N) is 3. The van der Waals surface area contributed by atoms with Crippen molar-refractivity contribution in [1.29, 1.82) is 0 Å². The quantitative estimate of drug-likeness (QED) is 0.335. The van der Waals surface area contributed by atoms with Crippen LogP contribution in [0, 0.1) is 0 Å². The smallest absolute Gasteiger partial charge is 0.296 e. The Bertz CT molecular complexity index is 1180. The highest BCUT2D eigenvalue weighted by Gasteiger charge is 2.20. The molecule has 3 aromatic rings. The van der Waals surface area contributed by atoms with E-state index in [2.05, 4.69) is 40.8 Å². The van der Waals surface area contributed by atoms with Crippen LogP contribution >= 0.6 is 0 Å². The Kier molecular flexibility index (Phi) is 4.70. The summed E-state index contributed by atoms with van der Waals surface area (Å²) in [5.74, 6) is -0.0500. The van der Waals surface area contributed by atoms with E-state index in [0.717, 1.165) is 24.5 Å². The molecule has 2 aromatic heterocycles. The number of aromatic nitrogens is 6. The van der Waals surface area contributed by atoms with Gasteiger partial charge in [0.2, 0.25) is 17.8 Å². The van der Waals surface area contributed by atoms with Crippen molar-refractivity contribution in [2.75, 3.05) is 10.6 Å². The van der Waals surface area contributed by atoms with Crippen LogP contribution < -0.4 is 10.6 Å². The second kappa shape index (κ2) is 6.83. The summed E-state index contributed by atoms with van der Waals surface area (Å²) in [6.45, 7) is 0. The van der Waals surface area contributed by atoms with Gasteiger partial charge in [-0.1, -0.05) is 0 Å². The van der Waals surface area contributed by atoms with Crippen LogP contribution in [-0.2, 0) is 20.2 Å². The number of H-pyrrole nitrogens is 1. The second-order valence-corrected chi connectivity index (χ2v) is 7.62. The van der Waals surface area contributed by atoms with Gasteiger partial charge in [-0.25, -0.2) is 15.0 Å². The van der Waals surface area contributed by atoms with Crippen LogP contribution in [0.25, 0.3) is 0 Å². The summed E-state index contributed by atoms with van der Waals surface area (Å²) in [6, 6.07) is 2.41. The molecule has 1 aromatic carbocycles. The third kappa shape index (κ3) is 4.50. The number of anilines is 4. The van der Waals surface area contributed by atoms with Crippen LogP contribution in [0.2, 0.25) is 0 Å². The van der Waals surface area contributed by atoms with E-state index < -0.39 is 30.0 Å². The third-order valence-electron chi connectivity index (χ3n) is 2.98. The van der Waals surface area contributed by atoms with Gasteiger partial charge in [0.15, 0.2) is 0 Å². The van der Waals surface area contributed by atoms with Gasteiger partial charge in [0.1, 0.15) is 17.6 Å². The van der Waals surface area contributed by atoms with Crippen LogP contribution in [0.1, 0.15) is 0 Å². The van der Waals surface area contributed by atoms with Crippen molar-refractivity contribution >= 4 is 43.8 Å². The molecule has 27 heavy (non-hydrogen) atoms. The molecule has 3 rings (SSSR count). The maximum atomic E-state index is 11.5. The highest BCUT2D eigenvalue weighted by Crippen LogP contribution is 2.27. The Hall–Kier alpha value is -3.21. The number of rotatable bonds is 6. The van der Waals surface area contributed by atoms with E-state index in [1.54, 1.807) is 0 Å². The highest BCUT2D eigenvalue weighted by atomic mass is 32.2. The molecule has 0 aliphatic rings. The molecule has 0 bridgehead atoms. The summed E-state index contributed by atoms with van der Waals surface area (Å²) in [7, 11) is -9.34. The summed E-state index contributed by atoms with van der Waals surface area (Å²) in [5.41, 5.74) is -0.386. The zero-order chi connectivity index (χ0) is 19.7. The Balaban J connectivity index is 1.99. The first kappa shape index (κ1) is 18.6. The fourth-order valence-corrected chi connectivity index (χ4v) is 3.03. The molecular weight excluding hydrogens is 404 g/mol. The maximum absolute atomic E-state index is 11.5. The average Bonchev–Trinajstić information content (AvgIpc) is 3.06. The van der Waals surface area contributed by atoms with Crippen molar-refractivity contribution in [3.63, 3.8) is 0 Å². The highest BCUT2D eigenvalue weighted by molar-refractivity contribution is 7.86. The van der Waals surface area contributed by atoms with Gasteiger partial charge in [-0.2, -0.15) is 21.8 Å². The van der Waals surface area contributed by atoms with Crippen molar-refractivity contribution in [3.8, 4) is 0 Å². The molecule has 16 heteroatoms. The molecule has 0 saturated carbocycles. The van der Waals surface area contributed by atoms with Gasteiger partial charge in [0, 0.05) is 0 Å². The van der Waals surface area contributed by atoms with Gasteiger partial charge in [0.05, 0.1) is 10.6 Å². The fourth-order valence-electron chi connectivity index (χ4n) is 1.90. The van der Waals surface area contributed by atoms with E-state index in [9.17, 15) is 21.4 Å². The maximum Gasteiger partial charge on any atom is 0.296 e. The minimum Gasteiger partial charge on any atom is -0.323 e. The normalized spacial score (nSPS) is 11.9. The van der Waals surface area contributed by atoms with E-state index >= 15 is 0 Å². The lowest BCUT2D eigenvalue weighted by atomic mass is 10.3. The molecule has 0 atom stereocenters. The SMILES string of the molecule is O=S(=O)(O)c1ccc(S(=O)(=O)O)c(Nc2ncnc(Nc3nc[nH]n3)n2)c1. The minimum absolute atomic E-state index is 0.00793. The molecule has 0 saturated heterocycles. The monoisotopic (exact) mass is 414 g/mol. The molecule has 14 nitrogen and oxygen atoms in total. The van der Waals surface area contributed by atoms with Gasteiger partial charge < -0.3 is 5.32 Å². The van der Waals surface area contributed by atoms with E-state index in [1.807, 2.05) is 0 Å². The van der Waals surface area contributed by atoms with Crippen LogP contribution in [0.3, 0.4) is 0 Å². The summed E-state index contributed by atoms with van der Waals surface area (Å²) < 4.78 is 64.0. The Morgan fingerprint density at radius 1 is 0.889 bits per heavy atom. The Labute approximate surface area is 151 Å². The van der Waals surface area contributed by atoms with Gasteiger partial charge >= 0.3 is 0 Å². The summed E-state index contributed by atoms with van der Waals surface area (Å²) >= 11 is 0. The van der Waals surface area contributed by atoms with Gasteiger partial charge in [0.25, 0.3) is 20.2 Å². The van der Waals surface area contributed by atoms with Crippen molar-refractivity contribution in [2.45, 2.75) is 9.79 Å². The molecule has 0 spiro atoms.